The standard InChI is InChI=1S/C17H22ClN3/c1-11-17(18)16(21(3)20-11)10-15(19-2)14-9-8-12-6-4-5-7-13(12)14/h4-7,14-15,19H,8-10H2,1-3H3. The third-order valence-corrected chi connectivity index (χ3v) is 5.20. The third kappa shape index (κ3) is 2.60. The highest BCUT2D eigenvalue weighted by molar-refractivity contribution is 6.31. The molecule has 21 heavy (non-hydrogen) atoms. The zero-order valence-electron chi connectivity index (χ0n) is 12.9. The molecular weight excluding hydrogens is 282 g/mol. The second kappa shape index (κ2) is 5.82. The number of likely N-dealkylation sites (N-methyl/N-ethyl adjacent to an activating group) is 1. The molecule has 0 bridgehead atoms. The SMILES string of the molecule is CNC(Cc1c(Cl)c(C)nn1C)C1CCc2ccccc21. The van der Waals surface area contributed by atoms with Crippen molar-refractivity contribution in [3.8, 4) is 0 Å². The molecule has 1 heterocycles. The van der Waals surface area contributed by atoms with Crippen LogP contribution in [0.3, 0.4) is 0 Å². The minimum absolute atomic E-state index is 0.390. The number of fused-ring (bicyclic) bond motifs is 1. The van der Waals surface area contributed by atoms with Crippen LogP contribution < -0.4 is 5.32 Å². The second-order valence-corrected chi connectivity index (χ2v) is 6.29. The van der Waals surface area contributed by atoms with Crippen LogP contribution in [0.2, 0.25) is 5.02 Å². The summed E-state index contributed by atoms with van der Waals surface area (Å²) < 4.78 is 1.92. The molecule has 3 nitrogen and oxygen atoms in total. The van der Waals surface area contributed by atoms with Gasteiger partial charge in [0.1, 0.15) is 0 Å². The molecule has 2 atom stereocenters. The van der Waals surface area contributed by atoms with Gasteiger partial charge in [-0.05, 0) is 37.9 Å². The van der Waals surface area contributed by atoms with Crippen molar-refractivity contribution in [2.45, 2.75) is 38.1 Å². The quantitative estimate of drug-likeness (QED) is 0.940. The Morgan fingerprint density at radius 1 is 1.43 bits per heavy atom. The first kappa shape index (κ1) is 14.6. The molecule has 1 N–H and O–H groups in total. The van der Waals surface area contributed by atoms with E-state index < -0.39 is 0 Å². The van der Waals surface area contributed by atoms with Gasteiger partial charge in [-0.2, -0.15) is 5.10 Å². The van der Waals surface area contributed by atoms with Crippen molar-refractivity contribution in [1.82, 2.24) is 15.1 Å². The van der Waals surface area contributed by atoms with Gasteiger partial charge in [0.05, 0.1) is 16.4 Å². The van der Waals surface area contributed by atoms with Crippen LogP contribution in [-0.4, -0.2) is 22.9 Å². The van der Waals surface area contributed by atoms with Crippen LogP contribution in [0.5, 0.6) is 0 Å². The number of rotatable bonds is 4. The highest BCUT2D eigenvalue weighted by atomic mass is 35.5. The van der Waals surface area contributed by atoms with Crippen molar-refractivity contribution < 1.29 is 0 Å². The topological polar surface area (TPSA) is 29.9 Å². The van der Waals surface area contributed by atoms with Crippen molar-refractivity contribution in [2.75, 3.05) is 7.05 Å². The number of halogens is 1. The molecule has 0 fully saturated rings. The number of hydrogen-bond donors (Lipinski definition) is 1. The lowest BCUT2D eigenvalue weighted by Gasteiger charge is -2.24. The summed E-state index contributed by atoms with van der Waals surface area (Å²) in [5, 5.41) is 8.73. The Bertz CT molecular complexity index is 647. The fraction of sp³-hybridized carbons (Fsp3) is 0.471. The molecule has 1 aromatic carbocycles. The number of aryl methyl sites for hydroxylation is 3. The lowest BCUT2D eigenvalue weighted by molar-refractivity contribution is 0.445. The smallest absolute Gasteiger partial charge is 0.0847 e. The molecule has 0 radical (unpaired) electrons. The highest BCUT2D eigenvalue weighted by Crippen LogP contribution is 2.37. The summed E-state index contributed by atoms with van der Waals surface area (Å²) in [4.78, 5) is 0. The average molecular weight is 304 g/mol. The van der Waals surface area contributed by atoms with E-state index in [2.05, 4.69) is 34.7 Å². The average Bonchev–Trinajstić information content (AvgIpc) is 3.00. The molecule has 3 rings (SSSR count). The van der Waals surface area contributed by atoms with Gasteiger partial charge in [-0.15, -0.1) is 0 Å². The Morgan fingerprint density at radius 3 is 2.86 bits per heavy atom. The number of aromatic nitrogens is 2. The molecule has 1 aromatic heterocycles. The Labute approximate surface area is 131 Å². The largest absolute Gasteiger partial charge is 0.316 e. The fourth-order valence-electron chi connectivity index (χ4n) is 3.56. The number of benzene rings is 1. The maximum absolute atomic E-state index is 6.41. The molecule has 1 aliphatic rings. The van der Waals surface area contributed by atoms with E-state index >= 15 is 0 Å². The van der Waals surface area contributed by atoms with Gasteiger partial charge >= 0.3 is 0 Å². The summed E-state index contributed by atoms with van der Waals surface area (Å²) in [6, 6.07) is 9.19. The van der Waals surface area contributed by atoms with Crippen LogP contribution in [0.25, 0.3) is 0 Å². The first-order valence-electron chi connectivity index (χ1n) is 7.55. The van der Waals surface area contributed by atoms with Crippen LogP contribution in [0.15, 0.2) is 24.3 Å². The van der Waals surface area contributed by atoms with E-state index in [9.17, 15) is 0 Å². The van der Waals surface area contributed by atoms with Gasteiger partial charge < -0.3 is 5.32 Å². The summed E-state index contributed by atoms with van der Waals surface area (Å²) in [6.07, 6.45) is 3.29. The second-order valence-electron chi connectivity index (χ2n) is 5.91. The van der Waals surface area contributed by atoms with Crippen LogP contribution >= 0.6 is 11.6 Å². The van der Waals surface area contributed by atoms with E-state index in [0.717, 1.165) is 22.8 Å². The molecular formula is C17H22ClN3. The van der Waals surface area contributed by atoms with Crippen molar-refractivity contribution >= 4 is 11.6 Å². The van der Waals surface area contributed by atoms with Gasteiger partial charge in [0.15, 0.2) is 0 Å². The Hall–Kier alpha value is -1.32. The van der Waals surface area contributed by atoms with Crippen LogP contribution in [0, 0.1) is 6.92 Å². The maximum atomic E-state index is 6.41. The summed E-state index contributed by atoms with van der Waals surface area (Å²) in [5.74, 6) is 0.553. The summed E-state index contributed by atoms with van der Waals surface area (Å²) in [6.45, 7) is 1.96. The van der Waals surface area contributed by atoms with Crippen molar-refractivity contribution in [3.05, 3.63) is 51.8 Å². The molecule has 0 saturated carbocycles. The van der Waals surface area contributed by atoms with Crippen molar-refractivity contribution in [2.24, 2.45) is 7.05 Å². The number of nitrogens with zero attached hydrogens (tertiary/aromatic N) is 2. The van der Waals surface area contributed by atoms with E-state index in [1.165, 1.54) is 24.0 Å². The van der Waals surface area contributed by atoms with Gasteiger partial charge in [-0.1, -0.05) is 35.9 Å². The first-order chi connectivity index (χ1) is 10.1. The zero-order valence-corrected chi connectivity index (χ0v) is 13.6. The molecule has 112 valence electrons. The van der Waals surface area contributed by atoms with E-state index in [1.54, 1.807) is 0 Å². The predicted molar refractivity (Wildman–Crippen MR) is 87.0 cm³/mol. The molecule has 0 saturated heterocycles. The van der Waals surface area contributed by atoms with E-state index in [4.69, 9.17) is 11.6 Å². The molecule has 0 aliphatic heterocycles. The third-order valence-electron chi connectivity index (χ3n) is 4.71. The number of hydrogen-bond acceptors (Lipinski definition) is 2. The minimum Gasteiger partial charge on any atom is -0.316 e. The van der Waals surface area contributed by atoms with Gasteiger partial charge in [-0.3, -0.25) is 4.68 Å². The predicted octanol–water partition coefficient (Wildman–Crippen LogP) is 3.24. The normalized spacial score (nSPS) is 18.8. The fourth-order valence-corrected chi connectivity index (χ4v) is 3.80. The molecule has 0 amide bonds. The summed E-state index contributed by atoms with van der Waals surface area (Å²) >= 11 is 6.41. The lowest BCUT2D eigenvalue weighted by atomic mass is 9.90. The summed E-state index contributed by atoms with van der Waals surface area (Å²) in [5.41, 5.74) is 5.02. The van der Waals surface area contributed by atoms with E-state index in [-0.39, 0.29) is 0 Å². The first-order valence-corrected chi connectivity index (χ1v) is 7.92. The zero-order chi connectivity index (χ0) is 15.0. The van der Waals surface area contributed by atoms with Gasteiger partial charge in [0, 0.05) is 25.4 Å². The summed E-state index contributed by atoms with van der Waals surface area (Å²) in [7, 11) is 4.02. The van der Waals surface area contributed by atoms with Crippen LogP contribution in [0.1, 0.15) is 34.9 Å². The van der Waals surface area contributed by atoms with Gasteiger partial charge in [-0.25, -0.2) is 0 Å². The Kier molecular flexibility index (Phi) is 4.05. The molecule has 1 aliphatic carbocycles. The molecule has 4 heteroatoms. The van der Waals surface area contributed by atoms with Crippen LogP contribution in [0.4, 0.5) is 0 Å². The van der Waals surface area contributed by atoms with Crippen molar-refractivity contribution in [1.29, 1.82) is 0 Å². The Balaban J connectivity index is 1.87. The highest BCUT2D eigenvalue weighted by Gasteiger charge is 2.30. The van der Waals surface area contributed by atoms with Gasteiger partial charge in [0.25, 0.3) is 0 Å². The molecule has 2 aromatic rings. The maximum Gasteiger partial charge on any atom is 0.0847 e. The molecule has 2 unspecified atom stereocenters. The van der Waals surface area contributed by atoms with Crippen LogP contribution in [-0.2, 0) is 19.9 Å². The van der Waals surface area contributed by atoms with E-state index in [1.807, 2.05) is 25.7 Å². The van der Waals surface area contributed by atoms with Crippen molar-refractivity contribution in [3.63, 3.8) is 0 Å². The van der Waals surface area contributed by atoms with Gasteiger partial charge in [0.2, 0.25) is 0 Å². The number of nitrogens with one attached hydrogen (secondary N) is 1. The minimum atomic E-state index is 0.390. The monoisotopic (exact) mass is 303 g/mol. The van der Waals surface area contributed by atoms with E-state index in [0.29, 0.717) is 12.0 Å². The lowest BCUT2D eigenvalue weighted by Crippen LogP contribution is -2.34. The Morgan fingerprint density at radius 2 is 2.19 bits per heavy atom. The molecule has 0 spiro atoms.